The van der Waals surface area contributed by atoms with E-state index in [-0.39, 0.29) is 12.3 Å². The maximum Gasteiger partial charge on any atom is 0.232 e. The van der Waals surface area contributed by atoms with Gasteiger partial charge in [0.15, 0.2) is 0 Å². The van der Waals surface area contributed by atoms with Gasteiger partial charge in [-0.1, -0.05) is 30.6 Å². The molecule has 1 fully saturated rings. The molecule has 2 heterocycles. The summed E-state index contributed by atoms with van der Waals surface area (Å²) in [7, 11) is 0. The van der Waals surface area contributed by atoms with E-state index in [2.05, 4.69) is 20.5 Å². The molecule has 8 heteroatoms. The van der Waals surface area contributed by atoms with Gasteiger partial charge in [-0.15, -0.1) is 21.5 Å². The quantitative estimate of drug-likeness (QED) is 0.875. The molecule has 0 atom stereocenters. The predicted octanol–water partition coefficient (Wildman–Crippen LogP) is 2.68. The van der Waals surface area contributed by atoms with E-state index in [4.69, 9.17) is 5.73 Å². The maximum atomic E-state index is 12.0. The number of amides is 1. The van der Waals surface area contributed by atoms with E-state index in [0.29, 0.717) is 17.6 Å². The number of hydrogen-bond donors (Lipinski definition) is 2. The molecule has 118 valence electrons. The fourth-order valence-corrected chi connectivity index (χ4v) is 4.25. The lowest BCUT2D eigenvalue weighted by Gasteiger charge is -2.18. The van der Waals surface area contributed by atoms with Crippen LogP contribution in [-0.4, -0.2) is 21.1 Å². The lowest BCUT2D eigenvalue weighted by atomic mass is 9.90. The number of nitrogens with two attached hydrogens (primary N) is 1. The van der Waals surface area contributed by atoms with Gasteiger partial charge in [0.1, 0.15) is 10.0 Å². The van der Waals surface area contributed by atoms with E-state index in [1.54, 1.807) is 0 Å². The fourth-order valence-electron chi connectivity index (χ4n) is 2.65. The Morgan fingerprint density at radius 1 is 1.32 bits per heavy atom. The minimum absolute atomic E-state index is 0.111. The highest BCUT2D eigenvalue weighted by Gasteiger charge is 2.20. The number of anilines is 1. The van der Waals surface area contributed by atoms with Gasteiger partial charge in [-0.2, -0.15) is 0 Å². The van der Waals surface area contributed by atoms with Gasteiger partial charge in [0.05, 0.1) is 12.1 Å². The molecule has 22 heavy (non-hydrogen) atoms. The van der Waals surface area contributed by atoms with Crippen LogP contribution < -0.4 is 11.1 Å². The van der Waals surface area contributed by atoms with Gasteiger partial charge >= 0.3 is 0 Å². The van der Waals surface area contributed by atoms with Crippen molar-refractivity contribution in [2.75, 3.05) is 5.32 Å². The van der Waals surface area contributed by atoms with Crippen molar-refractivity contribution in [2.24, 2.45) is 5.73 Å². The highest BCUT2D eigenvalue weighted by atomic mass is 32.1. The number of aromatic nitrogens is 3. The van der Waals surface area contributed by atoms with Gasteiger partial charge in [0, 0.05) is 17.8 Å². The van der Waals surface area contributed by atoms with Crippen molar-refractivity contribution in [3.8, 4) is 0 Å². The van der Waals surface area contributed by atoms with Crippen molar-refractivity contribution in [1.82, 2.24) is 15.2 Å². The molecule has 0 spiro atoms. The van der Waals surface area contributed by atoms with Crippen LogP contribution in [0.15, 0.2) is 5.38 Å². The standard InChI is InChI=1S/C14H19N5OS2/c15-7-12-16-10(8-21-12)6-11(20)17-14-19-18-13(22-14)9-4-2-1-3-5-9/h8-9H,1-7,15H2,(H,17,19,20). The highest BCUT2D eigenvalue weighted by molar-refractivity contribution is 7.15. The van der Waals surface area contributed by atoms with Gasteiger partial charge in [-0.05, 0) is 12.8 Å². The first-order chi connectivity index (χ1) is 10.7. The Bertz CT molecular complexity index is 633. The summed E-state index contributed by atoms with van der Waals surface area (Å²) in [6, 6.07) is 0. The highest BCUT2D eigenvalue weighted by Crippen LogP contribution is 2.35. The summed E-state index contributed by atoms with van der Waals surface area (Å²) in [4.78, 5) is 16.3. The second-order valence-electron chi connectivity index (χ2n) is 5.44. The van der Waals surface area contributed by atoms with Crippen molar-refractivity contribution >= 4 is 33.7 Å². The Kier molecular flexibility index (Phi) is 5.12. The van der Waals surface area contributed by atoms with Crippen LogP contribution in [0.2, 0.25) is 0 Å². The molecule has 0 saturated heterocycles. The van der Waals surface area contributed by atoms with Crippen LogP contribution >= 0.6 is 22.7 Å². The fraction of sp³-hybridized carbons (Fsp3) is 0.571. The Morgan fingerprint density at radius 3 is 2.86 bits per heavy atom. The van der Waals surface area contributed by atoms with Crippen LogP contribution in [0.3, 0.4) is 0 Å². The number of nitrogens with zero attached hydrogens (tertiary/aromatic N) is 3. The minimum atomic E-state index is -0.111. The van der Waals surface area contributed by atoms with Crippen LogP contribution in [0.1, 0.15) is 53.7 Å². The zero-order valence-corrected chi connectivity index (χ0v) is 13.9. The van der Waals surface area contributed by atoms with E-state index in [1.165, 1.54) is 54.8 Å². The van der Waals surface area contributed by atoms with Crippen LogP contribution in [0.4, 0.5) is 5.13 Å². The van der Waals surface area contributed by atoms with E-state index in [0.717, 1.165) is 15.7 Å². The second kappa shape index (κ2) is 7.26. The summed E-state index contributed by atoms with van der Waals surface area (Å²) >= 11 is 2.98. The average molecular weight is 337 g/mol. The number of nitrogens with one attached hydrogen (secondary N) is 1. The Morgan fingerprint density at radius 2 is 2.14 bits per heavy atom. The molecular formula is C14H19N5OS2. The lowest BCUT2D eigenvalue weighted by Crippen LogP contribution is -2.14. The van der Waals surface area contributed by atoms with Crippen molar-refractivity contribution < 1.29 is 4.79 Å². The third-order valence-corrected chi connectivity index (χ3v) is 5.68. The molecule has 0 unspecified atom stereocenters. The average Bonchev–Trinajstić information content (AvgIpc) is 3.17. The van der Waals surface area contributed by atoms with Crippen molar-refractivity contribution in [2.45, 2.75) is 51.0 Å². The summed E-state index contributed by atoms with van der Waals surface area (Å²) in [6.45, 7) is 0.410. The molecule has 3 N–H and O–H groups in total. The Balaban J connectivity index is 1.56. The molecule has 0 bridgehead atoms. The molecule has 0 radical (unpaired) electrons. The molecule has 1 saturated carbocycles. The number of hydrogen-bond acceptors (Lipinski definition) is 7. The monoisotopic (exact) mass is 337 g/mol. The summed E-state index contributed by atoms with van der Waals surface area (Å²) < 4.78 is 0. The second-order valence-corrected chi connectivity index (χ2v) is 7.39. The first-order valence-electron chi connectivity index (χ1n) is 7.51. The summed E-state index contributed by atoms with van der Waals surface area (Å²) in [5, 5.41) is 15.5. The van der Waals surface area contributed by atoms with E-state index in [1.807, 2.05) is 5.38 Å². The first kappa shape index (κ1) is 15.5. The minimum Gasteiger partial charge on any atom is -0.325 e. The van der Waals surface area contributed by atoms with Gasteiger partial charge < -0.3 is 11.1 Å². The molecule has 2 aromatic heterocycles. The molecule has 0 aliphatic heterocycles. The Hall–Kier alpha value is -1.38. The van der Waals surface area contributed by atoms with Crippen LogP contribution in [0.5, 0.6) is 0 Å². The van der Waals surface area contributed by atoms with E-state index < -0.39 is 0 Å². The third kappa shape index (κ3) is 3.88. The topological polar surface area (TPSA) is 93.8 Å². The summed E-state index contributed by atoms with van der Waals surface area (Å²) in [6.07, 6.45) is 6.46. The van der Waals surface area contributed by atoms with Gasteiger partial charge in [0.25, 0.3) is 0 Å². The Labute approximate surface area is 137 Å². The molecule has 1 amide bonds. The smallest absolute Gasteiger partial charge is 0.232 e. The zero-order chi connectivity index (χ0) is 15.4. The zero-order valence-electron chi connectivity index (χ0n) is 12.2. The van der Waals surface area contributed by atoms with Crippen LogP contribution in [0.25, 0.3) is 0 Å². The van der Waals surface area contributed by atoms with E-state index in [9.17, 15) is 4.79 Å². The van der Waals surface area contributed by atoms with Crippen LogP contribution in [0, 0.1) is 0 Å². The SMILES string of the molecule is NCc1nc(CC(=O)Nc2nnc(C3CCCCC3)s2)cs1. The number of rotatable bonds is 5. The van der Waals surface area contributed by atoms with Crippen LogP contribution in [-0.2, 0) is 17.8 Å². The molecule has 1 aliphatic carbocycles. The lowest BCUT2D eigenvalue weighted by molar-refractivity contribution is -0.115. The number of carbonyl (C=O) groups excluding carboxylic acids is 1. The summed E-state index contributed by atoms with van der Waals surface area (Å²) in [5.41, 5.74) is 6.27. The normalized spacial score (nSPS) is 15.9. The maximum absolute atomic E-state index is 12.0. The van der Waals surface area contributed by atoms with Crippen molar-refractivity contribution in [3.63, 3.8) is 0 Å². The van der Waals surface area contributed by atoms with Gasteiger partial charge in [-0.25, -0.2) is 4.98 Å². The predicted molar refractivity (Wildman–Crippen MR) is 88.1 cm³/mol. The molecule has 0 aromatic carbocycles. The molecule has 1 aliphatic rings. The van der Waals surface area contributed by atoms with Gasteiger partial charge in [-0.3, -0.25) is 4.79 Å². The van der Waals surface area contributed by atoms with Gasteiger partial charge in [0.2, 0.25) is 11.0 Å². The van der Waals surface area contributed by atoms with Crippen molar-refractivity contribution in [1.29, 1.82) is 0 Å². The summed E-state index contributed by atoms with van der Waals surface area (Å²) in [5.74, 6) is 0.405. The van der Waals surface area contributed by atoms with Crippen molar-refractivity contribution in [3.05, 3.63) is 21.1 Å². The number of carbonyl (C=O) groups is 1. The molecular weight excluding hydrogens is 318 g/mol. The first-order valence-corrected chi connectivity index (χ1v) is 9.21. The number of thiazole rings is 1. The molecule has 6 nitrogen and oxygen atoms in total. The third-order valence-electron chi connectivity index (χ3n) is 3.76. The van der Waals surface area contributed by atoms with E-state index >= 15 is 0 Å². The molecule has 3 rings (SSSR count). The molecule has 2 aromatic rings. The largest absolute Gasteiger partial charge is 0.325 e.